The van der Waals surface area contributed by atoms with Crippen LogP contribution in [0.3, 0.4) is 0 Å². The Hall–Kier alpha value is -4.00. The van der Waals surface area contributed by atoms with Crippen LogP contribution in [-0.4, -0.2) is 142 Å². The van der Waals surface area contributed by atoms with Crippen molar-refractivity contribution >= 4 is 36.1 Å². The molecule has 0 aliphatic carbocycles. The molecule has 3 atom stereocenters. The number of benzene rings is 1. The number of carboxylic acid groups (broad SMARTS) is 1. The van der Waals surface area contributed by atoms with Crippen molar-refractivity contribution in [3.8, 4) is 0 Å². The van der Waals surface area contributed by atoms with E-state index in [1.165, 1.54) is 0 Å². The van der Waals surface area contributed by atoms with Crippen molar-refractivity contribution in [1.82, 2.24) is 16.0 Å². The van der Waals surface area contributed by atoms with Crippen molar-refractivity contribution in [2.75, 3.05) is 72.5 Å². The van der Waals surface area contributed by atoms with Gasteiger partial charge in [-0.15, -0.1) is 0 Å². The third-order valence-electron chi connectivity index (χ3n) is 7.25. The van der Waals surface area contributed by atoms with E-state index in [2.05, 4.69) is 26.0 Å². The Balaban J connectivity index is 2.18. The van der Waals surface area contributed by atoms with Gasteiger partial charge in [-0.1, -0.05) is 31.2 Å². The molecule has 17 heteroatoms. The monoisotopic (exact) mass is 724 g/mol. The van der Waals surface area contributed by atoms with E-state index in [0.717, 1.165) is 12.0 Å². The van der Waals surface area contributed by atoms with E-state index in [-0.39, 0.29) is 44.0 Å². The number of nitrogens with two attached hydrogens (primary N) is 1. The molecule has 0 spiro atoms. The van der Waals surface area contributed by atoms with E-state index >= 15 is 0 Å². The zero-order chi connectivity index (χ0) is 37.5. The van der Waals surface area contributed by atoms with Crippen LogP contribution in [0.2, 0.25) is 0 Å². The Morgan fingerprint density at radius 3 is 2.04 bits per heavy atom. The van der Waals surface area contributed by atoms with Gasteiger partial charge in [0.1, 0.15) is 5.71 Å². The van der Waals surface area contributed by atoms with Crippen LogP contribution in [0, 0.1) is 0 Å². The van der Waals surface area contributed by atoms with Crippen molar-refractivity contribution in [3.05, 3.63) is 35.4 Å². The molecule has 0 heterocycles. The lowest BCUT2D eigenvalue weighted by atomic mass is 10.0. The molecule has 8 N–H and O–H groups in total. The zero-order valence-electron chi connectivity index (χ0n) is 29.5. The number of carboxylic acids is 1. The van der Waals surface area contributed by atoms with Crippen LogP contribution < -0.4 is 21.8 Å². The Kier molecular flexibility index (Phi) is 26.2. The van der Waals surface area contributed by atoms with Gasteiger partial charge in [-0.2, -0.15) is 5.10 Å². The molecule has 3 amide bonds. The maximum atomic E-state index is 12.4. The number of nitrogens with one attached hydrogen (secondary N) is 3. The topological polar surface area (TPSA) is 253 Å². The number of nitrogens with zero attached hydrogens (tertiary/aromatic N) is 2. The highest BCUT2D eigenvalue weighted by atomic mass is 16.6. The van der Waals surface area contributed by atoms with Gasteiger partial charge in [0.2, 0.25) is 18.2 Å². The molecule has 0 aliphatic rings. The van der Waals surface area contributed by atoms with Crippen LogP contribution >= 0.6 is 0 Å². The van der Waals surface area contributed by atoms with Crippen molar-refractivity contribution < 1.29 is 53.4 Å². The molecule has 0 fully saturated rings. The molecule has 0 aromatic heterocycles. The fourth-order valence-electron chi connectivity index (χ4n) is 4.39. The molecule has 1 aromatic rings. The molecule has 1 aromatic carbocycles. The molecular weight excluding hydrogens is 668 g/mol. The van der Waals surface area contributed by atoms with E-state index in [1.54, 1.807) is 30.5 Å². The number of aliphatic hydroxyl groups excluding tert-OH is 2. The number of hydrogen-bond acceptors (Lipinski definition) is 13. The van der Waals surface area contributed by atoms with Crippen LogP contribution in [0.5, 0.6) is 0 Å². The van der Waals surface area contributed by atoms with E-state index in [9.17, 15) is 29.4 Å². The van der Waals surface area contributed by atoms with Gasteiger partial charge in [-0.3, -0.25) is 19.4 Å². The molecular formula is C34H56N6O11. The molecule has 0 saturated carbocycles. The maximum Gasteiger partial charge on any atom is 0.332 e. The first-order valence-corrected chi connectivity index (χ1v) is 17.2. The first-order chi connectivity index (χ1) is 24.7. The molecule has 0 saturated heterocycles. The normalized spacial score (nSPS) is 13.4. The standard InChI is InChI=1S/C34H56N6O11/c1-2-12-37-32(44)11-14-48-16-18-50-20-21-51-19-17-49-15-13-36-24-30(40-35)27-5-3-26(4-6-27)22-33(45)38-23-29(42)9-7-28(39-25-41)8-10-31(43)34(46)47/h3-6,24-25,28-29,31,42-43H,2,7-23,35H2,1H3,(H,37,44)(H,38,45)(H,39,41)(H,46,47)/b36-24?,40-30+. The summed E-state index contributed by atoms with van der Waals surface area (Å²) in [6.07, 6.45) is 1.78. The van der Waals surface area contributed by atoms with Gasteiger partial charge >= 0.3 is 5.97 Å². The summed E-state index contributed by atoms with van der Waals surface area (Å²) < 4.78 is 21.8. The van der Waals surface area contributed by atoms with Crippen LogP contribution in [0.25, 0.3) is 0 Å². The highest BCUT2D eigenvalue weighted by molar-refractivity contribution is 6.38. The third kappa shape index (κ3) is 23.9. The number of carbonyl (C=O) groups is 4. The average Bonchev–Trinajstić information content (AvgIpc) is 3.12. The summed E-state index contributed by atoms with van der Waals surface area (Å²) in [6, 6.07) is 6.67. The first kappa shape index (κ1) is 45.0. The largest absolute Gasteiger partial charge is 0.479 e. The van der Waals surface area contributed by atoms with Gasteiger partial charge in [0.05, 0.1) is 71.9 Å². The maximum absolute atomic E-state index is 12.4. The second-order valence-corrected chi connectivity index (χ2v) is 11.4. The number of hydrogen-bond donors (Lipinski definition) is 7. The van der Waals surface area contributed by atoms with Crippen molar-refractivity contribution in [1.29, 1.82) is 0 Å². The number of rotatable bonds is 32. The van der Waals surface area contributed by atoms with Crippen molar-refractivity contribution in [2.24, 2.45) is 15.9 Å². The summed E-state index contributed by atoms with van der Waals surface area (Å²) in [7, 11) is 0. The lowest BCUT2D eigenvalue weighted by Crippen LogP contribution is -2.35. The molecule has 51 heavy (non-hydrogen) atoms. The predicted octanol–water partition coefficient (Wildman–Crippen LogP) is -0.457. The Labute approximate surface area is 299 Å². The predicted molar refractivity (Wildman–Crippen MR) is 190 cm³/mol. The Morgan fingerprint density at radius 1 is 0.843 bits per heavy atom. The number of aliphatic carboxylic acids is 1. The average molecular weight is 725 g/mol. The van der Waals surface area contributed by atoms with E-state index < -0.39 is 24.2 Å². The Morgan fingerprint density at radius 2 is 1.45 bits per heavy atom. The Bertz CT molecular complexity index is 1170. The lowest BCUT2D eigenvalue weighted by Gasteiger charge is -2.19. The van der Waals surface area contributed by atoms with Crippen LogP contribution in [0.1, 0.15) is 56.6 Å². The molecule has 1 rings (SSSR count). The number of aliphatic hydroxyl groups is 2. The van der Waals surface area contributed by atoms with Gasteiger partial charge < -0.3 is 56.1 Å². The summed E-state index contributed by atoms with van der Waals surface area (Å²) in [5, 5.41) is 40.3. The molecule has 288 valence electrons. The minimum absolute atomic E-state index is 0.00894. The number of amides is 3. The fourth-order valence-corrected chi connectivity index (χ4v) is 4.39. The summed E-state index contributed by atoms with van der Waals surface area (Å²) in [5.74, 6) is 3.92. The summed E-state index contributed by atoms with van der Waals surface area (Å²) in [4.78, 5) is 49.8. The number of aliphatic imine (C=N–C) groups is 1. The van der Waals surface area contributed by atoms with E-state index in [4.69, 9.17) is 29.9 Å². The van der Waals surface area contributed by atoms with Gasteiger partial charge in [0.15, 0.2) is 6.10 Å². The minimum atomic E-state index is -1.52. The zero-order valence-corrected chi connectivity index (χ0v) is 29.5. The number of ether oxygens (including phenoxy) is 4. The second kappa shape index (κ2) is 29.7. The molecule has 17 nitrogen and oxygen atoms in total. The highest BCUT2D eigenvalue weighted by Gasteiger charge is 2.18. The third-order valence-corrected chi connectivity index (χ3v) is 7.25. The first-order valence-electron chi connectivity index (χ1n) is 17.2. The van der Waals surface area contributed by atoms with E-state index in [1.807, 2.05) is 6.92 Å². The SMILES string of the molecule is CCCNC(=O)CCOCCOCCOCCOCCN=C/C(=N\N)c1ccc(CC(=O)NCC(O)CCC(CCC(O)C(=O)O)NC=O)cc1. The summed E-state index contributed by atoms with van der Waals surface area (Å²) in [6.45, 7) is 6.38. The summed E-state index contributed by atoms with van der Waals surface area (Å²) in [5.41, 5.74) is 1.91. The van der Waals surface area contributed by atoms with Gasteiger partial charge in [-0.25, -0.2) is 4.79 Å². The smallest absolute Gasteiger partial charge is 0.332 e. The molecule has 3 unspecified atom stereocenters. The lowest BCUT2D eigenvalue weighted by molar-refractivity contribution is -0.147. The molecule has 0 aliphatic heterocycles. The number of carbonyl (C=O) groups excluding carboxylic acids is 3. The quantitative estimate of drug-likeness (QED) is 0.0164. The van der Waals surface area contributed by atoms with Crippen molar-refractivity contribution in [2.45, 2.75) is 70.1 Å². The van der Waals surface area contributed by atoms with Crippen LogP contribution in [0.4, 0.5) is 0 Å². The van der Waals surface area contributed by atoms with Gasteiger partial charge in [0.25, 0.3) is 0 Å². The number of hydrazone groups is 1. The van der Waals surface area contributed by atoms with Crippen LogP contribution in [-0.2, 0) is 44.5 Å². The molecule has 0 radical (unpaired) electrons. The van der Waals surface area contributed by atoms with Gasteiger partial charge in [-0.05, 0) is 37.7 Å². The van der Waals surface area contributed by atoms with Crippen molar-refractivity contribution in [3.63, 3.8) is 0 Å². The van der Waals surface area contributed by atoms with E-state index in [0.29, 0.717) is 96.5 Å². The van der Waals surface area contributed by atoms with Gasteiger partial charge in [0, 0.05) is 37.3 Å². The summed E-state index contributed by atoms with van der Waals surface area (Å²) >= 11 is 0. The van der Waals surface area contributed by atoms with Crippen LogP contribution in [0.15, 0.2) is 34.4 Å². The minimum Gasteiger partial charge on any atom is -0.479 e. The second-order valence-electron chi connectivity index (χ2n) is 11.4. The molecule has 0 bridgehead atoms. The highest BCUT2D eigenvalue weighted by Crippen LogP contribution is 2.10. The fraction of sp³-hybridized carbons (Fsp3) is 0.647.